The standard InChI is InChI=1S/C20H24N6O2/c1-14(2)17(24-10-9-15-5-3-4-6-16(15)13-24)11-21-18-7-8-19-22-12-20(26(27)28)25(19)23-18/h3-8,12,14,17H,9-11,13H2,1-2H3,(H,21,23). The molecule has 0 amide bonds. The van der Waals surface area contributed by atoms with Gasteiger partial charge in [-0.05, 0) is 34.5 Å². The molecule has 0 saturated carbocycles. The van der Waals surface area contributed by atoms with Crippen LogP contribution in [0, 0.1) is 16.0 Å². The lowest BCUT2D eigenvalue weighted by atomic mass is 9.95. The first kappa shape index (κ1) is 18.4. The molecule has 3 heterocycles. The van der Waals surface area contributed by atoms with Gasteiger partial charge in [0.2, 0.25) is 5.65 Å². The highest BCUT2D eigenvalue weighted by atomic mass is 16.6. The second-order valence-corrected chi connectivity index (χ2v) is 7.54. The van der Waals surface area contributed by atoms with Crippen LogP contribution in [0.3, 0.4) is 0 Å². The van der Waals surface area contributed by atoms with Crippen LogP contribution in [0.1, 0.15) is 25.0 Å². The Kier molecular flexibility index (Phi) is 4.95. The highest BCUT2D eigenvalue weighted by Gasteiger charge is 2.26. The summed E-state index contributed by atoms with van der Waals surface area (Å²) in [6, 6.07) is 12.5. The molecular formula is C20H24N6O2. The first-order chi connectivity index (χ1) is 13.5. The van der Waals surface area contributed by atoms with Crippen molar-refractivity contribution >= 4 is 17.3 Å². The highest BCUT2D eigenvalue weighted by molar-refractivity contribution is 5.48. The Bertz CT molecular complexity index is 999. The maximum Gasteiger partial charge on any atom is 0.368 e. The minimum atomic E-state index is -0.473. The van der Waals surface area contributed by atoms with E-state index in [2.05, 4.69) is 58.4 Å². The molecule has 1 aromatic carbocycles. The number of nitro groups is 1. The van der Waals surface area contributed by atoms with Gasteiger partial charge >= 0.3 is 5.82 Å². The predicted octanol–water partition coefficient (Wildman–Crippen LogP) is 3.13. The molecule has 0 radical (unpaired) electrons. The topological polar surface area (TPSA) is 88.6 Å². The summed E-state index contributed by atoms with van der Waals surface area (Å²) >= 11 is 0. The maximum atomic E-state index is 11.1. The van der Waals surface area contributed by atoms with Gasteiger partial charge in [-0.3, -0.25) is 4.90 Å². The summed E-state index contributed by atoms with van der Waals surface area (Å²) in [5.74, 6) is 0.937. The van der Waals surface area contributed by atoms with Gasteiger partial charge in [0.05, 0.1) is 0 Å². The molecule has 4 rings (SSSR count). The quantitative estimate of drug-likeness (QED) is 0.522. The molecule has 8 heteroatoms. The number of nitrogens with zero attached hydrogens (tertiary/aromatic N) is 5. The molecule has 146 valence electrons. The van der Waals surface area contributed by atoms with Crippen LogP contribution in [0.4, 0.5) is 11.6 Å². The molecule has 0 aliphatic carbocycles. The van der Waals surface area contributed by atoms with Gasteiger partial charge in [0.1, 0.15) is 6.20 Å². The molecule has 2 aromatic heterocycles. The Morgan fingerprint density at radius 2 is 2.00 bits per heavy atom. The summed E-state index contributed by atoms with van der Waals surface area (Å²) in [7, 11) is 0. The Morgan fingerprint density at radius 1 is 1.21 bits per heavy atom. The zero-order chi connectivity index (χ0) is 19.7. The van der Waals surface area contributed by atoms with Crippen molar-refractivity contribution in [3.05, 3.63) is 63.8 Å². The number of fused-ring (bicyclic) bond motifs is 2. The number of anilines is 1. The Morgan fingerprint density at radius 3 is 2.75 bits per heavy atom. The van der Waals surface area contributed by atoms with E-state index < -0.39 is 4.92 Å². The van der Waals surface area contributed by atoms with E-state index in [-0.39, 0.29) is 5.82 Å². The fourth-order valence-corrected chi connectivity index (χ4v) is 3.88. The summed E-state index contributed by atoms with van der Waals surface area (Å²) in [6.07, 6.45) is 2.29. The third-order valence-electron chi connectivity index (χ3n) is 5.42. The van der Waals surface area contributed by atoms with Crippen molar-refractivity contribution in [2.45, 2.75) is 32.9 Å². The molecule has 1 aliphatic heterocycles. The van der Waals surface area contributed by atoms with Gasteiger partial charge in [-0.25, -0.2) is 4.98 Å². The molecular weight excluding hydrogens is 356 g/mol. The maximum absolute atomic E-state index is 11.1. The molecule has 0 bridgehead atoms. The van der Waals surface area contributed by atoms with Crippen LogP contribution < -0.4 is 5.32 Å². The summed E-state index contributed by atoms with van der Waals surface area (Å²) in [4.78, 5) is 17.2. The van der Waals surface area contributed by atoms with Gasteiger partial charge in [0.25, 0.3) is 0 Å². The third-order valence-corrected chi connectivity index (χ3v) is 5.42. The van der Waals surface area contributed by atoms with Crippen LogP contribution >= 0.6 is 0 Å². The van der Waals surface area contributed by atoms with Gasteiger partial charge in [-0.15, -0.1) is 0 Å². The van der Waals surface area contributed by atoms with Crippen molar-refractivity contribution < 1.29 is 4.92 Å². The molecule has 8 nitrogen and oxygen atoms in total. The monoisotopic (exact) mass is 380 g/mol. The smallest absolute Gasteiger partial charge is 0.365 e. The fourth-order valence-electron chi connectivity index (χ4n) is 3.88. The van der Waals surface area contributed by atoms with E-state index in [4.69, 9.17) is 0 Å². The van der Waals surface area contributed by atoms with Crippen molar-refractivity contribution in [1.82, 2.24) is 19.5 Å². The van der Waals surface area contributed by atoms with E-state index in [1.165, 1.54) is 21.8 Å². The molecule has 1 N–H and O–H groups in total. The van der Waals surface area contributed by atoms with E-state index in [1.807, 2.05) is 6.07 Å². The van der Waals surface area contributed by atoms with Crippen molar-refractivity contribution in [2.75, 3.05) is 18.4 Å². The van der Waals surface area contributed by atoms with Gasteiger partial charge in [0.15, 0.2) is 5.82 Å². The summed E-state index contributed by atoms with van der Waals surface area (Å²) in [5, 5.41) is 18.9. The van der Waals surface area contributed by atoms with Crippen molar-refractivity contribution in [1.29, 1.82) is 0 Å². The van der Waals surface area contributed by atoms with Crippen molar-refractivity contribution in [3.63, 3.8) is 0 Å². The SMILES string of the molecule is CC(C)C(CNc1ccc2ncc([N+](=O)[O-])n2n1)N1CCc2ccccc2C1. The molecule has 3 aromatic rings. The third kappa shape index (κ3) is 3.55. The van der Waals surface area contributed by atoms with Crippen LogP contribution in [-0.2, 0) is 13.0 Å². The van der Waals surface area contributed by atoms with E-state index in [1.54, 1.807) is 6.07 Å². The minimum absolute atomic E-state index is 0.133. The van der Waals surface area contributed by atoms with Crippen LogP contribution in [0.15, 0.2) is 42.6 Å². The zero-order valence-electron chi connectivity index (χ0n) is 16.1. The fraction of sp³-hybridized carbons (Fsp3) is 0.400. The molecule has 28 heavy (non-hydrogen) atoms. The van der Waals surface area contributed by atoms with E-state index >= 15 is 0 Å². The summed E-state index contributed by atoms with van der Waals surface area (Å²) in [6.45, 7) is 7.15. The molecule has 0 spiro atoms. The number of aromatic nitrogens is 3. The number of nitrogens with one attached hydrogen (secondary N) is 1. The van der Waals surface area contributed by atoms with E-state index in [9.17, 15) is 10.1 Å². The van der Waals surface area contributed by atoms with Crippen LogP contribution in [0.5, 0.6) is 0 Å². The molecule has 0 fully saturated rings. The normalized spacial score (nSPS) is 15.5. The Balaban J connectivity index is 1.50. The minimum Gasteiger partial charge on any atom is -0.365 e. The van der Waals surface area contributed by atoms with Crippen LogP contribution in [-0.4, -0.2) is 43.6 Å². The highest BCUT2D eigenvalue weighted by Crippen LogP contribution is 2.23. The van der Waals surface area contributed by atoms with Crippen molar-refractivity contribution in [2.24, 2.45) is 5.92 Å². The lowest BCUT2D eigenvalue weighted by molar-refractivity contribution is -0.391. The number of benzene rings is 1. The van der Waals surface area contributed by atoms with Crippen LogP contribution in [0.25, 0.3) is 5.65 Å². The number of imidazole rings is 1. The number of hydrogen-bond donors (Lipinski definition) is 1. The second-order valence-electron chi connectivity index (χ2n) is 7.54. The molecule has 0 saturated heterocycles. The predicted molar refractivity (Wildman–Crippen MR) is 107 cm³/mol. The van der Waals surface area contributed by atoms with Gasteiger partial charge < -0.3 is 15.4 Å². The summed E-state index contributed by atoms with van der Waals surface area (Å²) in [5.41, 5.74) is 3.30. The number of hydrogen-bond acceptors (Lipinski definition) is 6. The van der Waals surface area contributed by atoms with E-state index in [0.29, 0.717) is 23.4 Å². The summed E-state index contributed by atoms with van der Waals surface area (Å²) < 4.78 is 1.27. The number of rotatable bonds is 6. The Hall–Kier alpha value is -3.00. The lowest BCUT2D eigenvalue weighted by Gasteiger charge is -2.38. The lowest BCUT2D eigenvalue weighted by Crippen LogP contribution is -2.46. The second kappa shape index (κ2) is 7.55. The average Bonchev–Trinajstić information content (AvgIpc) is 3.11. The largest absolute Gasteiger partial charge is 0.368 e. The Labute approximate surface area is 163 Å². The average molecular weight is 380 g/mol. The van der Waals surface area contributed by atoms with Crippen molar-refractivity contribution in [3.8, 4) is 0 Å². The zero-order valence-corrected chi connectivity index (χ0v) is 16.1. The first-order valence-electron chi connectivity index (χ1n) is 9.57. The van der Waals surface area contributed by atoms with E-state index in [0.717, 1.165) is 26.1 Å². The molecule has 1 unspecified atom stereocenters. The van der Waals surface area contributed by atoms with Gasteiger partial charge in [-0.1, -0.05) is 47.7 Å². The molecule has 1 atom stereocenters. The van der Waals surface area contributed by atoms with Gasteiger partial charge in [0, 0.05) is 31.7 Å². The van der Waals surface area contributed by atoms with Gasteiger partial charge in [-0.2, -0.15) is 0 Å². The first-order valence-corrected chi connectivity index (χ1v) is 9.57. The van der Waals surface area contributed by atoms with Crippen LogP contribution in [0.2, 0.25) is 0 Å². The molecule has 1 aliphatic rings.